The predicted octanol–water partition coefficient (Wildman–Crippen LogP) is 1.39. The number of nitrogens with one attached hydrogen (secondary N) is 2. The first-order valence-corrected chi connectivity index (χ1v) is 15.6. The Kier molecular flexibility index (Phi) is 16.8. The Balaban J connectivity index is 1.16. The van der Waals surface area contributed by atoms with E-state index in [1.165, 1.54) is 0 Å². The van der Waals surface area contributed by atoms with E-state index in [1.807, 2.05) is 36.7 Å². The topological polar surface area (TPSA) is 164 Å². The molecule has 2 unspecified atom stereocenters. The smallest absolute Gasteiger partial charge is 0.306 e. The van der Waals surface area contributed by atoms with Crippen molar-refractivity contribution in [2.24, 2.45) is 0 Å². The number of hydrogen-bond donors (Lipinski definition) is 3. The average Bonchev–Trinajstić information content (AvgIpc) is 3.68. The molecule has 1 saturated heterocycles. The average molecular weight is 638 g/mol. The van der Waals surface area contributed by atoms with Crippen molar-refractivity contribution in [1.82, 2.24) is 15.6 Å². The molecule has 3 rings (SSSR count). The Morgan fingerprint density at radius 1 is 0.909 bits per heavy atom. The van der Waals surface area contributed by atoms with Crippen LogP contribution in [0.5, 0.6) is 0 Å². The number of rotatable bonds is 22. The molecule has 0 aliphatic carbocycles. The van der Waals surface area contributed by atoms with Crippen molar-refractivity contribution in [3.63, 3.8) is 0 Å². The summed E-state index contributed by atoms with van der Waals surface area (Å²) in [6, 6.07) is 7.55. The molecule has 1 aliphatic rings. The second-order valence-electron chi connectivity index (χ2n) is 9.88. The molecule has 0 spiro atoms. The highest BCUT2D eigenvalue weighted by molar-refractivity contribution is 7.13. The molecule has 1 amide bonds. The highest BCUT2D eigenvalue weighted by Gasteiger charge is 2.31. The van der Waals surface area contributed by atoms with E-state index in [9.17, 15) is 14.4 Å². The van der Waals surface area contributed by atoms with E-state index in [2.05, 4.69) is 15.6 Å². The summed E-state index contributed by atoms with van der Waals surface area (Å²) >= 11 is 1.60. The minimum Gasteiger partial charge on any atom is -0.463 e. The number of amides is 1. The summed E-state index contributed by atoms with van der Waals surface area (Å²) in [6.07, 6.45) is -0.282. The number of benzene rings is 1. The number of aliphatic hydroxyl groups excluding tert-OH is 1. The first-order chi connectivity index (χ1) is 21.5. The largest absolute Gasteiger partial charge is 0.463 e. The number of ether oxygens (including phenoxy) is 6. The molecule has 2 aromatic rings. The number of thiazole rings is 1. The van der Waals surface area contributed by atoms with Crippen LogP contribution in [0, 0.1) is 6.92 Å². The molecule has 1 aromatic carbocycles. The molecule has 1 fully saturated rings. The van der Waals surface area contributed by atoms with Crippen molar-refractivity contribution < 1.29 is 47.9 Å². The van der Waals surface area contributed by atoms with Gasteiger partial charge in [0.25, 0.3) is 0 Å². The highest BCUT2D eigenvalue weighted by atomic mass is 32.1. The Labute approximate surface area is 261 Å². The van der Waals surface area contributed by atoms with E-state index >= 15 is 0 Å². The van der Waals surface area contributed by atoms with Gasteiger partial charge in [0, 0.05) is 19.5 Å². The summed E-state index contributed by atoms with van der Waals surface area (Å²) in [4.78, 5) is 42.2. The van der Waals surface area contributed by atoms with E-state index in [-0.39, 0.29) is 38.6 Å². The van der Waals surface area contributed by atoms with Crippen molar-refractivity contribution >= 4 is 29.2 Å². The van der Waals surface area contributed by atoms with Crippen LogP contribution in [-0.4, -0.2) is 113 Å². The molecule has 0 saturated carbocycles. The highest BCUT2D eigenvalue weighted by Crippen LogP contribution is 2.27. The van der Waals surface area contributed by atoms with Gasteiger partial charge < -0.3 is 44.2 Å². The molecule has 3 N–H and O–H groups in total. The minimum atomic E-state index is -0.515. The van der Waals surface area contributed by atoms with Crippen LogP contribution >= 0.6 is 11.3 Å². The molecule has 2 heterocycles. The lowest BCUT2D eigenvalue weighted by molar-refractivity contribution is -0.153. The fraction of sp³-hybridized carbons (Fsp3) is 0.600. The van der Waals surface area contributed by atoms with Gasteiger partial charge in [-0.2, -0.15) is 0 Å². The van der Waals surface area contributed by atoms with Crippen molar-refractivity contribution in [1.29, 1.82) is 0 Å². The zero-order valence-corrected chi connectivity index (χ0v) is 25.9. The lowest BCUT2D eigenvalue weighted by Crippen LogP contribution is -2.39. The van der Waals surface area contributed by atoms with Crippen LogP contribution in [0.1, 0.15) is 30.5 Å². The third-order valence-corrected chi connectivity index (χ3v) is 7.49. The quantitative estimate of drug-likeness (QED) is 0.126. The van der Waals surface area contributed by atoms with Gasteiger partial charge in [0.1, 0.15) is 12.7 Å². The monoisotopic (exact) mass is 637 g/mol. The van der Waals surface area contributed by atoms with Gasteiger partial charge in [0.15, 0.2) is 0 Å². The van der Waals surface area contributed by atoms with E-state index in [0.29, 0.717) is 65.8 Å². The maximum atomic E-state index is 12.6. The van der Waals surface area contributed by atoms with Gasteiger partial charge in [-0.05, 0) is 18.1 Å². The number of carbonyl (C=O) groups excluding carboxylic acids is 3. The zero-order valence-electron chi connectivity index (χ0n) is 25.1. The summed E-state index contributed by atoms with van der Waals surface area (Å²) in [5, 5.41) is 14.6. The van der Waals surface area contributed by atoms with E-state index < -0.39 is 24.1 Å². The summed E-state index contributed by atoms with van der Waals surface area (Å²) in [5.41, 5.74) is 4.90. The predicted molar refractivity (Wildman–Crippen MR) is 161 cm³/mol. The molecule has 0 radical (unpaired) electrons. The molecule has 244 valence electrons. The Morgan fingerprint density at radius 2 is 1.52 bits per heavy atom. The maximum Gasteiger partial charge on any atom is 0.306 e. The van der Waals surface area contributed by atoms with Crippen LogP contribution in [0.25, 0.3) is 10.4 Å². The van der Waals surface area contributed by atoms with Crippen LogP contribution in [0.15, 0.2) is 29.8 Å². The van der Waals surface area contributed by atoms with Crippen LogP contribution in [0.3, 0.4) is 0 Å². The molecule has 44 heavy (non-hydrogen) atoms. The van der Waals surface area contributed by atoms with Gasteiger partial charge in [-0.3, -0.25) is 14.4 Å². The molecular formula is C30H43N3O10S. The molecule has 2 atom stereocenters. The van der Waals surface area contributed by atoms with E-state index in [4.69, 9.17) is 33.5 Å². The standard InChI is InChI=1S/C30H43N3O10S/c1-22-29(44-21-33-22)24-4-2-23(3-5-24)19-32-30(37)26-18-25(20-31-26)43-28(36)7-6-27(35)42-17-16-41-15-14-40-13-12-39-11-10-38-9-8-34/h2-5,21,25-26,31,34H,6-20H2,1H3,(H,32,37). The number of aliphatic hydroxyl groups is 1. The van der Waals surface area contributed by atoms with E-state index in [1.54, 1.807) is 11.3 Å². The third-order valence-electron chi connectivity index (χ3n) is 6.51. The second kappa shape index (κ2) is 20.9. The lowest BCUT2D eigenvalue weighted by Gasteiger charge is -2.13. The number of esters is 2. The fourth-order valence-electron chi connectivity index (χ4n) is 4.22. The van der Waals surface area contributed by atoms with Crippen LogP contribution in [-0.2, 0) is 49.3 Å². The Hall–Kier alpha value is -2.98. The normalized spacial score (nSPS) is 16.1. The second-order valence-corrected chi connectivity index (χ2v) is 10.7. The summed E-state index contributed by atoms with van der Waals surface area (Å²) in [6.45, 7) is 5.76. The first kappa shape index (κ1) is 35.5. The van der Waals surface area contributed by atoms with Crippen molar-refractivity contribution in [3.05, 3.63) is 41.0 Å². The van der Waals surface area contributed by atoms with Crippen molar-refractivity contribution in [3.8, 4) is 10.4 Å². The SMILES string of the molecule is Cc1ncsc1-c1ccc(CNC(=O)C2CC(OC(=O)CCC(=O)OCCOCCOCCOCCOCCO)CN2)cc1. The van der Waals surface area contributed by atoms with Gasteiger partial charge in [-0.25, -0.2) is 4.98 Å². The number of aromatic nitrogens is 1. The van der Waals surface area contributed by atoms with Gasteiger partial charge in [0.05, 0.1) is 94.4 Å². The Bertz CT molecular complexity index is 1130. The molecule has 13 nitrogen and oxygen atoms in total. The number of aryl methyl sites for hydroxylation is 1. The molecule has 0 bridgehead atoms. The van der Waals surface area contributed by atoms with Gasteiger partial charge in [-0.1, -0.05) is 24.3 Å². The van der Waals surface area contributed by atoms with E-state index in [0.717, 1.165) is 21.7 Å². The number of carbonyl (C=O) groups is 3. The third kappa shape index (κ3) is 13.8. The summed E-state index contributed by atoms with van der Waals surface area (Å²) < 4.78 is 31.6. The number of hydrogen-bond acceptors (Lipinski definition) is 13. The molecule has 1 aliphatic heterocycles. The van der Waals surface area contributed by atoms with Gasteiger partial charge in [-0.15, -0.1) is 11.3 Å². The first-order valence-electron chi connectivity index (χ1n) is 14.7. The van der Waals surface area contributed by atoms with Crippen molar-refractivity contribution in [2.75, 3.05) is 72.6 Å². The number of nitrogens with zero attached hydrogens (tertiary/aromatic N) is 1. The molecule has 1 aromatic heterocycles. The van der Waals surface area contributed by atoms with Crippen molar-refractivity contribution in [2.45, 2.75) is 44.9 Å². The summed E-state index contributed by atoms with van der Waals surface area (Å²) in [5.74, 6) is -1.19. The maximum absolute atomic E-state index is 12.6. The van der Waals surface area contributed by atoms with Crippen LogP contribution in [0.2, 0.25) is 0 Å². The van der Waals surface area contributed by atoms with Crippen LogP contribution < -0.4 is 10.6 Å². The fourth-order valence-corrected chi connectivity index (χ4v) is 5.03. The molecule has 14 heteroatoms. The lowest BCUT2D eigenvalue weighted by atomic mass is 10.1. The van der Waals surface area contributed by atoms with Crippen LogP contribution in [0.4, 0.5) is 0 Å². The Morgan fingerprint density at radius 3 is 2.14 bits per heavy atom. The zero-order chi connectivity index (χ0) is 31.4. The van der Waals surface area contributed by atoms with Gasteiger partial charge in [0.2, 0.25) is 5.91 Å². The summed E-state index contributed by atoms with van der Waals surface area (Å²) in [7, 11) is 0. The molecular weight excluding hydrogens is 594 g/mol. The van der Waals surface area contributed by atoms with Gasteiger partial charge >= 0.3 is 11.9 Å². The minimum absolute atomic E-state index is 0.00686.